The van der Waals surface area contributed by atoms with Crippen molar-refractivity contribution in [2.24, 2.45) is 0 Å². The summed E-state index contributed by atoms with van der Waals surface area (Å²) < 4.78 is 16.3. The summed E-state index contributed by atoms with van der Waals surface area (Å²) in [5, 5.41) is -0.0904. The second kappa shape index (κ2) is 9.74. The molecular formula is C22H33NO6Si. The van der Waals surface area contributed by atoms with Crippen molar-refractivity contribution in [2.45, 2.75) is 70.3 Å². The van der Waals surface area contributed by atoms with Gasteiger partial charge in [0.2, 0.25) is 5.91 Å². The summed E-state index contributed by atoms with van der Waals surface area (Å²) in [6.45, 7) is 10.5. The molecule has 0 N–H and O–H groups in total. The number of carbonyl (C=O) groups is 3. The highest BCUT2D eigenvalue weighted by Crippen LogP contribution is 2.38. The number of methoxy groups -OCH3 is 1. The molecule has 30 heavy (non-hydrogen) atoms. The minimum absolute atomic E-state index is 0.0407. The minimum Gasteiger partial charge on any atom is -0.469 e. The minimum atomic E-state index is -2.24. The van der Waals surface area contributed by atoms with E-state index in [4.69, 9.17) is 13.9 Å². The Kier molecular flexibility index (Phi) is 7.82. The number of hydrogen-bond acceptors (Lipinski definition) is 6. The zero-order chi connectivity index (χ0) is 22.5. The molecule has 0 aliphatic carbocycles. The molecule has 1 aliphatic rings. The fraction of sp³-hybridized carbons (Fsp3) is 0.591. The number of nitrogens with zero attached hydrogens (tertiary/aromatic N) is 1. The van der Waals surface area contributed by atoms with E-state index in [0.717, 1.165) is 5.56 Å². The van der Waals surface area contributed by atoms with E-state index in [-0.39, 0.29) is 30.5 Å². The van der Waals surface area contributed by atoms with Gasteiger partial charge in [0.1, 0.15) is 6.61 Å². The maximum Gasteiger partial charge on any atom is 0.416 e. The maximum atomic E-state index is 13.1. The molecule has 1 saturated heterocycles. The van der Waals surface area contributed by atoms with E-state index < -0.39 is 32.4 Å². The lowest BCUT2D eigenvalue weighted by molar-refractivity contribution is -0.143. The molecule has 1 heterocycles. The van der Waals surface area contributed by atoms with Crippen LogP contribution in [-0.2, 0) is 29.9 Å². The largest absolute Gasteiger partial charge is 0.469 e. The number of ether oxygens (including phenoxy) is 2. The molecule has 1 aliphatic heterocycles. The van der Waals surface area contributed by atoms with Gasteiger partial charge in [-0.2, -0.15) is 0 Å². The number of benzene rings is 1. The second-order valence-corrected chi connectivity index (χ2v) is 13.9. The Balaban J connectivity index is 2.15. The SMILES string of the molecule is COC(=O)C[C@H](CC(=O)N1C(=O)OC[C@@H]1Cc1ccccc1)O[Si](C)(C)C(C)(C)C. The van der Waals surface area contributed by atoms with Gasteiger partial charge in [0.25, 0.3) is 0 Å². The molecule has 1 fully saturated rings. The molecule has 166 valence electrons. The topological polar surface area (TPSA) is 82.1 Å². The Bertz CT molecular complexity index is 759. The molecule has 2 amide bonds. The smallest absolute Gasteiger partial charge is 0.416 e. The molecule has 2 rings (SSSR count). The molecule has 1 aromatic carbocycles. The lowest BCUT2D eigenvalue weighted by atomic mass is 10.1. The molecule has 8 heteroatoms. The third-order valence-electron chi connectivity index (χ3n) is 5.84. The van der Waals surface area contributed by atoms with E-state index in [1.54, 1.807) is 0 Å². The van der Waals surface area contributed by atoms with Crippen LogP contribution < -0.4 is 0 Å². The molecule has 1 aromatic rings. The van der Waals surface area contributed by atoms with Crippen LogP contribution >= 0.6 is 0 Å². The van der Waals surface area contributed by atoms with Crippen LogP contribution in [0.3, 0.4) is 0 Å². The van der Waals surface area contributed by atoms with Crippen molar-refractivity contribution in [1.82, 2.24) is 4.90 Å². The van der Waals surface area contributed by atoms with E-state index in [2.05, 4.69) is 33.9 Å². The summed E-state index contributed by atoms with van der Waals surface area (Å²) in [6, 6.07) is 9.27. The Morgan fingerprint density at radius 1 is 1.20 bits per heavy atom. The van der Waals surface area contributed by atoms with Gasteiger partial charge in [0.15, 0.2) is 8.32 Å². The number of hydrogen-bond donors (Lipinski definition) is 0. The Morgan fingerprint density at radius 3 is 2.40 bits per heavy atom. The van der Waals surface area contributed by atoms with E-state index in [0.29, 0.717) is 6.42 Å². The van der Waals surface area contributed by atoms with Crippen LogP contribution in [0.15, 0.2) is 30.3 Å². The first-order valence-corrected chi connectivity index (χ1v) is 13.1. The highest BCUT2D eigenvalue weighted by molar-refractivity contribution is 6.74. The van der Waals surface area contributed by atoms with Crippen molar-refractivity contribution in [3.63, 3.8) is 0 Å². The van der Waals surface area contributed by atoms with E-state index in [1.807, 2.05) is 30.3 Å². The second-order valence-electron chi connectivity index (χ2n) is 9.17. The highest BCUT2D eigenvalue weighted by atomic mass is 28.4. The normalized spacial score (nSPS) is 18.1. The first kappa shape index (κ1) is 24.1. The fourth-order valence-electron chi connectivity index (χ4n) is 3.11. The molecule has 0 radical (unpaired) electrons. The van der Waals surface area contributed by atoms with Crippen LogP contribution in [0, 0.1) is 0 Å². The monoisotopic (exact) mass is 435 g/mol. The van der Waals surface area contributed by atoms with Crippen molar-refractivity contribution in [3.8, 4) is 0 Å². The first-order chi connectivity index (χ1) is 13.9. The average molecular weight is 436 g/mol. The molecule has 0 aromatic heterocycles. The van der Waals surface area contributed by atoms with Crippen LogP contribution in [0.1, 0.15) is 39.2 Å². The predicted octanol–water partition coefficient (Wildman–Crippen LogP) is 3.92. The third kappa shape index (κ3) is 6.15. The van der Waals surface area contributed by atoms with Gasteiger partial charge < -0.3 is 13.9 Å². The standard InChI is InChI=1S/C22H33NO6Si/c1-22(2,3)30(5,6)29-18(14-20(25)27-4)13-19(24)23-17(15-28-21(23)26)12-16-10-8-7-9-11-16/h7-11,17-18H,12-15H2,1-6H3/t17-,18-/m0/s1. The van der Waals surface area contributed by atoms with Crippen molar-refractivity contribution in [1.29, 1.82) is 0 Å². The lowest BCUT2D eigenvalue weighted by Crippen LogP contribution is -2.47. The van der Waals surface area contributed by atoms with Crippen LogP contribution in [0.4, 0.5) is 4.79 Å². The van der Waals surface area contributed by atoms with Crippen molar-refractivity contribution in [3.05, 3.63) is 35.9 Å². The molecule has 7 nitrogen and oxygen atoms in total. The van der Waals surface area contributed by atoms with Crippen LogP contribution in [-0.4, -0.2) is 57.0 Å². The summed E-state index contributed by atoms with van der Waals surface area (Å²) in [4.78, 5) is 38.5. The molecule has 0 spiro atoms. The molecule has 2 atom stereocenters. The first-order valence-electron chi connectivity index (χ1n) is 10.2. The number of imide groups is 1. The van der Waals surface area contributed by atoms with Gasteiger partial charge in [-0.15, -0.1) is 0 Å². The van der Waals surface area contributed by atoms with Gasteiger partial charge in [0, 0.05) is 0 Å². The van der Waals surface area contributed by atoms with Gasteiger partial charge in [-0.3, -0.25) is 9.59 Å². The van der Waals surface area contributed by atoms with Crippen molar-refractivity contribution >= 4 is 26.3 Å². The molecule has 0 unspecified atom stereocenters. The van der Waals surface area contributed by atoms with E-state index >= 15 is 0 Å². The van der Waals surface area contributed by atoms with Gasteiger partial charge in [-0.1, -0.05) is 51.1 Å². The number of rotatable bonds is 8. The van der Waals surface area contributed by atoms with Gasteiger partial charge >= 0.3 is 12.1 Å². The number of carbonyl (C=O) groups excluding carboxylic acids is 3. The zero-order valence-corrected chi connectivity index (χ0v) is 19.8. The Labute approximate surface area is 179 Å². The van der Waals surface area contributed by atoms with E-state index in [1.165, 1.54) is 12.0 Å². The summed E-state index contributed by atoms with van der Waals surface area (Å²) in [6.07, 6.45) is -0.909. The predicted molar refractivity (Wildman–Crippen MR) is 115 cm³/mol. The Hall–Kier alpha value is -2.19. The highest BCUT2D eigenvalue weighted by Gasteiger charge is 2.42. The van der Waals surface area contributed by atoms with Crippen LogP contribution in [0.2, 0.25) is 18.1 Å². The number of esters is 1. The fourth-order valence-corrected chi connectivity index (χ4v) is 4.47. The number of cyclic esters (lactones) is 1. The quantitative estimate of drug-likeness (QED) is 0.455. The van der Waals surface area contributed by atoms with E-state index in [9.17, 15) is 14.4 Å². The number of amides is 2. The summed E-state index contributed by atoms with van der Waals surface area (Å²) in [5.41, 5.74) is 1.02. The average Bonchev–Trinajstić information content (AvgIpc) is 3.01. The summed E-state index contributed by atoms with van der Waals surface area (Å²) in [7, 11) is -0.937. The van der Waals surface area contributed by atoms with Gasteiger partial charge in [-0.25, -0.2) is 9.69 Å². The molecular weight excluding hydrogens is 402 g/mol. The van der Waals surface area contributed by atoms with Crippen molar-refractivity contribution in [2.75, 3.05) is 13.7 Å². The molecule has 0 bridgehead atoms. The Morgan fingerprint density at radius 2 is 1.83 bits per heavy atom. The maximum absolute atomic E-state index is 13.1. The zero-order valence-electron chi connectivity index (χ0n) is 18.8. The van der Waals surface area contributed by atoms with Crippen LogP contribution in [0.25, 0.3) is 0 Å². The van der Waals surface area contributed by atoms with Crippen LogP contribution in [0.5, 0.6) is 0 Å². The third-order valence-corrected chi connectivity index (χ3v) is 10.4. The lowest BCUT2D eigenvalue weighted by Gasteiger charge is -2.39. The summed E-state index contributed by atoms with van der Waals surface area (Å²) in [5.74, 6) is -0.845. The molecule has 0 saturated carbocycles. The van der Waals surface area contributed by atoms with Gasteiger partial charge in [-0.05, 0) is 30.1 Å². The van der Waals surface area contributed by atoms with Gasteiger partial charge in [0.05, 0.1) is 32.1 Å². The summed E-state index contributed by atoms with van der Waals surface area (Å²) >= 11 is 0. The van der Waals surface area contributed by atoms with Crippen molar-refractivity contribution < 1.29 is 28.3 Å².